The standard InChI is InChI=1S/C17H35N3O2/c1-18-17(20-12-7-13-22-15-14-21-2)19-11-6-5-10-16-8-3-4-9-16/h16H,3-15H2,1-2H3,(H2,18,19,20). The van der Waals surface area contributed by atoms with Crippen LogP contribution in [-0.2, 0) is 9.47 Å². The lowest BCUT2D eigenvalue weighted by atomic mass is 10.0. The third-order valence-electron chi connectivity index (χ3n) is 4.22. The van der Waals surface area contributed by atoms with Gasteiger partial charge in [0, 0.05) is 33.9 Å². The van der Waals surface area contributed by atoms with E-state index in [4.69, 9.17) is 9.47 Å². The molecule has 0 saturated heterocycles. The van der Waals surface area contributed by atoms with Gasteiger partial charge >= 0.3 is 0 Å². The van der Waals surface area contributed by atoms with Crippen molar-refractivity contribution in [2.45, 2.75) is 51.4 Å². The highest BCUT2D eigenvalue weighted by atomic mass is 16.5. The predicted molar refractivity (Wildman–Crippen MR) is 92.5 cm³/mol. The molecule has 0 aromatic carbocycles. The summed E-state index contributed by atoms with van der Waals surface area (Å²) in [5.74, 6) is 1.91. The van der Waals surface area contributed by atoms with Crippen LogP contribution >= 0.6 is 0 Å². The molecule has 1 saturated carbocycles. The Kier molecular flexibility index (Phi) is 12.1. The van der Waals surface area contributed by atoms with Crippen molar-refractivity contribution in [1.29, 1.82) is 0 Å². The van der Waals surface area contributed by atoms with E-state index in [0.29, 0.717) is 13.2 Å². The van der Waals surface area contributed by atoms with E-state index in [1.165, 1.54) is 44.9 Å². The third kappa shape index (κ3) is 10.0. The summed E-state index contributed by atoms with van der Waals surface area (Å²) in [5, 5.41) is 6.70. The molecule has 0 spiro atoms. The van der Waals surface area contributed by atoms with Crippen LogP contribution in [0.5, 0.6) is 0 Å². The molecule has 0 heterocycles. The number of hydrogen-bond donors (Lipinski definition) is 2. The van der Waals surface area contributed by atoms with Gasteiger partial charge in [0.2, 0.25) is 0 Å². The van der Waals surface area contributed by atoms with Crippen LogP contribution in [0.1, 0.15) is 51.4 Å². The second-order valence-electron chi connectivity index (χ2n) is 6.03. The maximum atomic E-state index is 5.43. The molecule has 0 atom stereocenters. The van der Waals surface area contributed by atoms with Crippen LogP contribution in [-0.4, -0.2) is 53.0 Å². The van der Waals surface area contributed by atoms with E-state index in [2.05, 4.69) is 15.6 Å². The minimum atomic E-state index is 0.664. The number of methoxy groups -OCH3 is 1. The summed E-state index contributed by atoms with van der Waals surface area (Å²) in [5.41, 5.74) is 0. The molecule has 0 amide bonds. The first-order valence-electron chi connectivity index (χ1n) is 8.88. The first-order chi connectivity index (χ1) is 10.9. The van der Waals surface area contributed by atoms with Gasteiger partial charge < -0.3 is 20.1 Å². The minimum Gasteiger partial charge on any atom is -0.382 e. The number of hydrogen-bond acceptors (Lipinski definition) is 3. The molecule has 0 aromatic rings. The Bertz CT molecular complexity index is 279. The van der Waals surface area contributed by atoms with Crippen LogP contribution in [0.25, 0.3) is 0 Å². The Morgan fingerprint density at radius 2 is 1.73 bits per heavy atom. The zero-order valence-corrected chi connectivity index (χ0v) is 14.5. The Labute approximate surface area is 136 Å². The smallest absolute Gasteiger partial charge is 0.190 e. The first-order valence-corrected chi connectivity index (χ1v) is 8.88. The molecule has 1 fully saturated rings. The molecule has 1 aliphatic rings. The van der Waals surface area contributed by atoms with Gasteiger partial charge in [-0.3, -0.25) is 4.99 Å². The molecule has 1 rings (SSSR count). The van der Waals surface area contributed by atoms with E-state index in [9.17, 15) is 0 Å². The predicted octanol–water partition coefficient (Wildman–Crippen LogP) is 2.57. The lowest BCUT2D eigenvalue weighted by Crippen LogP contribution is -2.38. The summed E-state index contributed by atoms with van der Waals surface area (Å²) in [7, 11) is 3.51. The highest BCUT2D eigenvalue weighted by Gasteiger charge is 2.13. The van der Waals surface area contributed by atoms with Gasteiger partial charge in [-0.05, 0) is 18.8 Å². The number of guanidine groups is 1. The Morgan fingerprint density at radius 3 is 2.41 bits per heavy atom. The topological polar surface area (TPSA) is 54.9 Å². The maximum absolute atomic E-state index is 5.43. The maximum Gasteiger partial charge on any atom is 0.190 e. The number of unbranched alkanes of at least 4 members (excludes halogenated alkanes) is 1. The first kappa shape index (κ1) is 19.2. The van der Waals surface area contributed by atoms with Crippen LogP contribution in [0.15, 0.2) is 4.99 Å². The molecule has 0 aromatic heterocycles. The summed E-state index contributed by atoms with van der Waals surface area (Å²) in [6, 6.07) is 0. The molecule has 0 bridgehead atoms. The lowest BCUT2D eigenvalue weighted by molar-refractivity contribution is 0.0698. The summed E-state index contributed by atoms with van der Waals surface area (Å²) in [4.78, 5) is 4.24. The Hall–Kier alpha value is -0.810. The molecule has 22 heavy (non-hydrogen) atoms. The van der Waals surface area contributed by atoms with Crippen molar-refractivity contribution in [1.82, 2.24) is 10.6 Å². The van der Waals surface area contributed by atoms with Crippen LogP contribution in [0.2, 0.25) is 0 Å². The quantitative estimate of drug-likeness (QED) is 0.330. The van der Waals surface area contributed by atoms with Crippen molar-refractivity contribution in [2.24, 2.45) is 10.9 Å². The average molecular weight is 313 g/mol. The van der Waals surface area contributed by atoms with Crippen LogP contribution in [0.4, 0.5) is 0 Å². The van der Waals surface area contributed by atoms with Crippen LogP contribution in [0, 0.1) is 5.92 Å². The van der Waals surface area contributed by atoms with Gasteiger partial charge in [-0.1, -0.05) is 38.5 Å². The van der Waals surface area contributed by atoms with E-state index in [0.717, 1.165) is 38.0 Å². The van der Waals surface area contributed by atoms with Crippen molar-refractivity contribution in [3.63, 3.8) is 0 Å². The minimum absolute atomic E-state index is 0.664. The third-order valence-corrected chi connectivity index (χ3v) is 4.22. The van der Waals surface area contributed by atoms with Gasteiger partial charge in [-0.2, -0.15) is 0 Å². The summed E-state index contributed by atoms with van der Waals surface area (Å²) < 4.78 is 10.4. The zero-order chi connectivity index (χ0) is 15.9. The second-order valence-corrected chi connectivity index (χ2v) is 6.03. The fourth-order valence-corrected chi connectivity index (χ4v) is 2.91. The van der Waals surface area contributed by atoms with E-state index >= 15 is 0 Å². The normalized spacial score (nSPS) is 16.2. The van der Waals surface area contributed by atoms with Crippen LogP contribution < -0.4 is 10.6 Å². The summed E-state index contributed by atoms with van der Waals surface area (Å²) in [6.45, 7) is 3.99. The van der Waals surface area contributed by atoms with Crippen molar-refractivity contribution in [3.05, 3.63) is 0 Å². The largest absolute Gasteiger partial charge is 0.382 e. The SMILES string of the molecule is CN=C(NCCCCC1CCCC1)NCCCOCCOC. The van der Waals surface area contributed by atoms with Crippen molar-refractivity contribution in [3.8, 4) is 0 Å². The molecule has 5 heteroatoms. The molecule has 5 nitrogen and oxygen atoms in total. The summed E-state index contributed by atoms with van der Waals surface area (Å²) in [6.07, 6.45) is 10.8. The van der Waals surface area contributed by atoms with Crippen molar-refractivity contribution in [2.75, 3.05) is 47.1 Å². The lowest BCUT2D eigenvalue weighted by Gasteiger charge is -2.12. The number of nitrogens with one attached hydrogen (secondary N) is 2. The van der Waals surface area contributed by atoms with E-state index < -0.39 is 0 Å². The van der Waals surface area contributed by atoms with Gasteiger partial charge in [-0.25, -0.2) is 0 Å². The van der Waals surface area contributed by atoms with E-state index in [1.807, 2.05) is 7.05 Å². The molecule has 0 unspecified atom stereocenters. The average Bonchev–Trinajstić information content (AvgIpc) is 3.05. The Morgan fingerprint density at radius 1 is 1.00 bits per heavy atom. The number of ether oxygens (including phenoxy) is 2. The molecular weight excluding hydrogens is 278 g/mol. The van der Waals surface area contributed by atoms with Gasteiger partial charge in [-0.15, -0.1) is 0 Å². The number of rotatable bonds is 12. The molecule has 130 valence electrons. The van der Waals surface area contributed by atoms with Crippen LogP contribution in [0.3, 0.4) is 0 Å². The van der Waals surface area contributed by atoms with Crippen molar-refractivity contribution < 1.29 is 9.47 Å². The molecular formula is C17H35N3O2. The fourth-order valence-electron chi connectivity index (χ4n) is 2.91. The van der Waals surface area contributed by atoms with Crippen molar-refractivity contribution >= 4 is 5.96 Å². The number of aliphatic imine (C=N–C) groups is 1. The fraction of sp³-hybridized carbons (Fsp3) is 0.941. The summed E-state index contributed by atoms with van der Waals surface area (Å²) >= 11 is 0. The second kappa shape index (κ2) is 13.8. The highest BCUT2D eigenvalue weighted by molar-refractivity contribution is 5.79. The van der Waals surface area contributed by atoms with Gasteiger partial charge in [0.05, 0.1) is 13.2 Å². The van der Waals surface area contributed by atoms with Gasteiger partial charge in [0.1, 0.15) is 0 Å². The van der Waals surface area contributed by atoms with E-state index in [-0.39, 0.29) is 0 Å². The molecule has 2 N–H and O–H groups in total. The molecule has 0 radical (unpaired) electrons. The number of nitrogens with zero attached hydrogens (tertiary/aromatic N) is 1. The monoisotopic (exact) mass is 313 g/mol. The van der Waals surface area contributed by atoms with Gasteiger partial charge in [0.25, 0.3) is 0 Å². The van der Waals surface area contributed by atoms with Gasteiger partial charge in [0.15, 0.2) is 5.96 Å². The highest BCUT2D eigenvalue weighted by Crippen LogP contribution is 2.28. The molecule has 1 aliphatic carbocycles. The Balaban J connectivity index is 1.89. The molecule has 0 aliphatic heterocycles. The zero-order valence-electron chi connectivity index (χ0n) is 14.5. The van der Waals surface area contributed by atoms with E-state index in [1.54, 1.807) is 7.11 Å².